The monoisotopic (exact) mass is 463 g/mol. The second kappa shape index (κ2) is 9.24. The molecule has 0 spiro atoms. The van der Waals surface area contributed by atoms with Gasteiger partial charge in [-0.1, -0.05) is 23.4 Å². The Hall–Kier alpha value is -2.64. The maximum Gasteiger partial charge on any atom is 0.417 e. The van der Waals surface area contributed by atoms with Crippen LogP contribution in [0.15, 0.2) is 23.3 Å². The van der Waals surface area contributed by atoms with E-state index in [4.69, 9.17) is 16.3 Å². The molecule has 0 atom stereocenters. The maximum atomic E-state index is 14.5. The van der Waals surface area contributed by atoms with Crippen molar-refractivity contribution in [2.75, 3.05) is 18.1 Å². The quantitative estimate of drug-likeness (QED) is 0.355. The Morgan fingerprint density at radius 3 is 2.23 bits per heavy atom. The molecule has 1 aromatic carbocycles. The Labute approximate surface area is 178 Å². The number of imide groups is 1. The molecule has 1 aliphatic heterocycles. The van der Waals surface area contributed by atoms with Crippen LogP contribution in [0.5, 0.6) is 5.75 Å². The van der Waals surface area contributed by atoms with E-state index in [1.165, 1.54) is 0 Å². The van der Waals surface area contributed by atoms with Crippen LogP contribution in [-0.4, -0.2) is 37.6 Å². The van der Waals surface area contributed by atoms with E-state index in [-0.39, 0.29) is 16.5 Å². The number of amides is 2. The zero-order valence-corrected chi connectivity index (χ0v) is 16.6. The highest BCUT2D eigenvalue weighted by Crippen LogP contribution is 2.39. The first-order chi connectivity index (χ1) is 14.6. The number of benzene rings is 1. The first-order valence-electron chi connectivity index (χ1n) is 9.11. The highest BCUT2D eigenvalue weighted by atomic mass is 35.5. The minimum Gasteiger partial charge on any atom is -0.479 e. The van der Waals surface area contributed by atoms with Gasteiger partial charge in [0.15, 0.2) is 0 Å². The van der Waals surface area contributed by atoms with Gasteiger partial charge in [0.25, 0.3) is 11.8 Å². The van der Waals surface area contributed by atoms with Crippen LogP contribution in [0.25, 0.3) is 0 Å². The largest absolute Gasteiger partial charge is 0.479 e. The van der Waals surface area contributed by atoms with E-state index in [0.717, 1.165) is 29.9 Å². The van der Waals surface area contributed by atoms with Gasteiger partial charge in [0, 0.05) is 17.2 Å². The molecule has 166 valence electrons. The number of hydrogen-bond donors (Lipinski definition) is 0. The molecular weight excluding hydrogens is 449 g/mol. The third-order valence-electron chi connectivity index (χ3n) is 4.65. The summed E-state index contributed by atoms with van der Waals surface area (Å²) in [4.78, 5) is 26.0. The molecule has 2 amide bonds. The molecule has 0 N–H and O–H groups in total. The number of alkyl halides is 4. The van der Waals surface area contributed by atoms with Gasteiger partial charge in [0.1, 0.15) is 24.8 Å². The van der Waals surface area contributed by atoms with E-state index in [9.17, 15) is 31.5 Å². The van der Waals surface area contributed by atoms with E-state index in [0.29, 0.717) is 24.0 Å². The van der Waals surface area contributed by atoms with Crippen molar-refractivity contribution in [2.45, 2.75) is 38.2 Å². The molecular formula is C20H15ClF5NO4. The van der Waals surface area contributed by atoms with Crippen molar-refractivity contribution < 1.29 is 41.0 Å². The molecule has 31 heavy (non-hydrogen) atoms. The van der Waals surface area contributed by atoms with Crippen LogP contribution >= 0.6 is 11.6 Å². The van der Waals surface area contributed by atoms with E-state index < -0.39 is 43.4 Å². The minimum absolute atomic E-state index is 0.114. The SMILES string of the molecule is O=C1C2=C(CCCC2)C(=O)N1c1cc(OCC#CCOC(F)(F)C(F)F)c(Cl)cc1F. The first-order valence-corrected chi connectivity index (χ1v) is 9.49. The summed E-state index contributed by atoms with van der Waals surface area (Å²) in [6.45, 7) is -1.40. The molecule has 11 heteroatoms. The summed E-state index contributed by atoms with van der Waals surface area (Å²) >= 11 is 5.92. The van der Waals surface area contributed by atoms with E-state index in [1.54, 1.807) is 0 Å². The van der Waals surface area contributed by atoms with Crippen molar-refractivity contribution in [3.05, 3.63) is 34.1 Å². The van der Waals surface area contributed by atoms with Gasteiger partial charge in [-0.3, -0.25) is 9.59 Å². The Bertz CT molecular complexity index is 971. The van der Waals surface area contributed by atoms with Crippen LogP contribution in [0.4, 0.5) is 27.6 Å². The Balaban J connectivity index is 1.70. The van der Waals surface area contributed by atoms with Crippen molar-refractivity contribution in [3.8, 4) is 17.6 Å². The summed E-state index contributed by atoms with van der Waals surface area (Å²) in [5.41, 5.74) is 0.413. The van der Waals surface area contributed by atoms with Crippen LogP contribution in [0.3, 0.4) is 0 Å². The average Bonchev–Trinajstić information content (AvgIpc) is 2.97. The summed E-state index contributed by atoms with van der Waals surface area (Å²) in [6, 6.07) is 1.93. The van der Waals surface area contributed by atoms with Crippen molar-refractivity contribution in [1.29, 1.82) is 0 Å². The van der Waals surface area contributed by atoms with Gasteiger partial charge in [-0.2, -0.15) is 8.78 Å². The van der Waals surface area contributed by atoms with Gasteiger partial charge in [-0.05, 0) is 31.7 Å². The van der Waals surface area contributed by atoms with Crippen molar-refractivity contribution in [3.63, 3.8) is 0 Å². The minimum atomic E-state index is -4.62. The number of halogens is 6. The number of ether oxygens (including phenoxy) is 2. The molecule has 1 heterocycles. The lowest BCUT2D eigenvalue weighted by Gasteiger charge is -2.17. The fourth-order valence-electron chi connectivity index (χ4n) is 3.17. The van der Waals surface area contributed by atoms with Crippen LogP contribution in [0, 0.1) is 17.7 Å². The normalized spacial score (nSPS) is 16.5. The second-order valence-electron chi connectivity index (χ2n) is 6.64. The number of carbonyl (C=O) groups excluding carboxylic acids is 2. The van der Waals surface area contributed by atoms with Gasteiger partial charge >= 0.3 is 12.5 Å². The molecule has 3 rings (SSSR count). The number of nitrogens with zero attached hydrogens (tertiary/aromatic N) is 1. The zero-order chi connectivity index (χ0) is 22.8. The predicted molar refractivity (Wildman–Crippen MR) is 99.6 cm³/mol. The summed E-state index contributed by atoms with van der Waals surface area (Å²) < 4.78 is 72.5. The van der Waals surface area contributed by atoms with Crippen LogP contribution in [-0.2, 0) is 14.3 Å². The zero-order valence-electron chi connectivity index (χ0n) is 15.8. The molecule has 0 radical (unpaired) electrons. The summed E-state index contributed by atoms with van der Waals surface area (Å²) in [5.74, 6) is 2.10. The molecule has 0 bridgehead atoms. The van der Waals surface area contributed by atoms with E-state index in [1.807, 2.05) is 0 Å². The number of carbonyl (C=O) groups is 2. The molecule has 2 aliphatic rings. The highest BCUT2D eigenvalue weighted by Gasteiger charge is 2.42. The fraction of sp³-hybridized carbons (Fsp3) is 0.400. The molecule has 0 saturated carbocycles. The Kier molecular flexibility index (Phi) is 6.86. The maximum absolute atomic E-state index is 14.5. The third kappa shape index (κ3) is 4.83. The molecule has 0 saturated heterocycles. The van der Waals surface area contributed by atoms with E-state index >= 15 is 0 Å². The summed E-state index contributed by atoms with van der Waals surface area (Å²) in [5, 5.41) is -0.180. The van der Waals surface area contributed by atoms with E-state index in [2.05, 4.69) is 16.6 Å². The second-order valence-corrected chi connectivity index (χ2v) is 7.04. The number of anilines is 1. The predicted octanol–water partition coefficient (Wildman–Crippen LogP) is 4.48. The first kappa shape index (κ1) is 23.0. The van der Waals surface area contributed by atoms with Crippen molar-refractivity contribution in [2.24, 2.45) is 0 Å². The standard InChI is InChI=1S/C20H15ClF5NO4/c21-13-9-14(22)15(27-17(28)11-5-1-2-6-12(11)18(27)29)10-16(13)30-7-3-4-8-31-20(25,26)19(23)24/h9-10,19H,1-2,5-8H2. The van der Waals surface area contributed by atoms with Crippen LogP contribution in [0.1, 0.15) is 25.7 Å². The van der Waals surface area contributed by atoms with Crippen LogP contribution < -0.4 is 9.64 Å². The lowest BCUT2D eigenvalue weighted by Crippen LogP contribution is -2.32. The highest BCUT2D eigenvalue weighted by molar-refractivity contribution is 6.34. The number of hydrogen-bond acceptors (Lipinski definition) is 4. The molecule has 5 nitrogen and oxygen atoms in total. The molecule has 1 aliphatic carbocycles. The van der Waals surface area contributed by atoms with Gasteiger partial charge < -0.3 is 9.47 Å². The molecule has 0 unspecified atom stereocenters. The average molecular weight is 464 g/mol. The third-order valence-corrected chi connectivity index (χ3v) is 4.94. The molecule has 0 aromatic heterocycles. The smallest absolute Gasteiger partial charge is 0.417 e. The molecule has 1 aromatic rings. The van der Waals surface area contributed by atoms with Gasteiger partial charge in [-0.25, -0.2) is 18.1 Å². The van der Waals surface area contributed by atoms with Gasteiger partial charge in [0.05, 0.1) is 10.7 Å². The van der Waals surface area contributed by atoms with Gasteiger partial charge in [-0.15, -0.1) is 0 Å². The van der Waals surface area contributed by atoms with Crippen molar-refractivity contribution >= 4 is 29.1 Å². The summed E-state index contributed by atoms with van der Waals surface area (Å²) in [6.07, 6.45) is -6.21. The Morgan fingerprint density at radius 1 is 1.06 bits per heavy atom. The molecule has 0 fully saturated rings. The fourth-order valence-corrected chi connectivity index (χ4v) is 3.37. The topological polar surface area (TPSA) is 55.8 Å². The van der Waals surface area contributed by atoms with Gasteiger partial charge in [0.2, 0.25) is 0 Å². The lowest BCUT2D eigenvalue weighted by atomic mass is 9.93. The van der Waals surface area contributed by atoms with Crippen molar-refractivity contribution in [1.82, 2.24) is 0 Å². The lowest BCUT2D eigenvalue weighted by molar-refractivity contribution is -0.294. The summed E-state index contributed by atoms with van der Waals surface area (Å²) in [7, 11) is 0. The number of rotatable bonds is 6. The Morgan fingerprint density at radius 2 is 1.65 bits per heavy atom. The van der Waals surface area contributed by atoms with Crippen LogP contribution in [0.2, 0.25) is 5.02 Å².